The van der Waals surface area contributed by atoms with Gasteiger partial charge in [0.1, 0.15) is 11.6 Å². The van der Waals surface area contributed by atoms with E-state index >= 15 is 0 Å². The van der Waals surface area contributed by atoms with Gasteiger partial charge >= 0.3 is 5.97 Å². The van der Waals surface area contributed by atoms with Gasteiger partial charge in [0.15, 0.2) is 0 Å². The molecule has 0 amide bonds. The number of carbonyl (C=O) groups excluding carboxylic acids is 1. The summed E-state index contributed by atoms with van der Waals surface area (Å²) in [6, 6.07) is 4.29. The van der Waals surface area contributed by atoms with Gasteiger partial charge in [-0.05, 0) is 43.7 Å². The van der Waals surface area contributed by atoms with E-state index in [1.807, 2.05) is 0 Å². The van der Waals surface area contributed by atoms with Gasteiger partial charge in [-0.15, -0.1) is 12.6 Å². The molecule has 0 radical (unpaired) electrons. The second kappa shape index (κ2) is 7.11. The summed E-state index contributed by atoms with van der Waals surface area (Å²) in [6.07, 6.45) is 6.41. The first-order valence-corrected chi connectivity index (χ1v) is 7.75. The number of ether oxygens (including phenoxy) is 1. The SMILES string of the molecule is CCCC1CCC(C(=O)Oc2ccc(S)c(F)c2)CC1. The molecular formula is C16H21FO2S. The molecule has 1 aromatic carbocycles. The average Bonchev–Trinajstić information content (AvgIpc) is 2.44. The van der Waals surface area contributed by atoms with Crippen LogP contribution in [0.15, 0.2) is 23.1 Å². The standard InChI is InChI=1S/C16H21FO2S/c1-2-3-11-4-6-12(7-5-11)16(18)19-13-8-9-15(20)14(17)10-13/h8-12,20H,2-7H2,1H3. The van der Waals surface area contributed by atoms with Crippen molar-refractivity contribution in [3.8, 4) is 5.75 Å². The van der Waals surface area contributed by atoms with Gasteiger partial charge in [-0.2, -0.15) is 0 Å². The Hall–Kier alpha value is -1.03. The Balaban J connectivity index is 1.88. The molecule has 0 saturated heterocycles. The molecule has 2 rings (SSSR count). The molecule has 0 spiro atoms. The predicted molar refractivity (Wildman–Crippen MR) is 79.6 cm³/mol. The van der Waals surface area contributed by atoms with Crippen molar-refractivity contribution >= 4 is 18.6 Å². The first kappa shape index (κ1) is 15.4. The monoisotopic (exact) mass is 296 g/mol. The summed E-state index contributed by atoms with van der Waals surface area (Å²) in [6.45, 7) is 2.19. The van der Waals surface area contributed by atoms with E-state index in [1.165, 1.54) is 25.0 Å². The number of hydrogen-bond acceptors (Lipinski definition) is 3. The number of hydrogen-bond donors (Lipinski definition) is 1. The van der Waals surface area contributed by atoms with E-state index < -0.39 is 5.82 Å². The molecule has 1 aromatic rings. The zero-order chi connectivity index (χ0) is 14.5. The molecule has 1 aliphatic rings. The molecule has 2 nitrogen and oxygen atoms in total. The summed E-state index contributed by atoms with van der Waals surface area (Å²) in [7, 11) is 0. The summed E-state index contributed by atoms with van der Waals surface area (Å²) < 4.78 is 18.6. The van der Waals surface area contributed by atoms with Crippen LogP contribution in [-0.2, 0) is 4.79 Å². The minimum absolute atomic E-state index is 0.0400. The van der Waals surface area contributed by atoms with Gasteiger partial charge in [0.2, 0.25) is 0 Å². The number of halogens is 1. The molecule has 1 fully saturated rings. The number of esters is 1. The second-order valence-corrected chi connectivity index (χ2v) is 6.02. The zero-order valence-corrected chi connectivity index (χ0v) is 12.7. The molecule has 4 heteroatoms. The second-order valence-electron chi connectivity index (χ2n) is 5.54. The first-order valence-electron chi connectivity index (χ1n) is 7.30. The van der Waals surface area contributed by atoms with E-state index in [-0.39, 0.29) is 22.5 Å². The molecule has 20 heavy (non-hydrogen) atoms. The van der Waals surface area contributed by atoms with Gasteiger partial charge < -0.3 is 4.74 Å². The minimum Gasteiger partial charge on any atom is -0.426 e. The smallest absolute Gasteiger partial charge is 0.314 e. The minimum atomic E-state index is -0.467. The van der Waals surface area contributed by atoms with Crippen LogP contribution >= 0.6 is 12.6 Å². The lowest BCUT2D eigenvalue weighted by atomic mass is 9.80. The first-order chi connectivity index (χ1) is 9.60. The Kier molecular flexibility index (Phi) is 5.46. The van der Waals surface area contributed by atoms with Crippen LogP contribution < -0.4 is 4.74 Å². The molecule has 0 bridgehead atoms. The molecule has 0 unspecified atom stereocenters. The van der Waals surface area contributed by atoms with Crippen LogP contribution in [0, 0.1) is 17.7 Å². The molecule has 110 valence electrons. The van der Waals surface area contributed by atoms with Crippen molar-refractivity contribution in [3.05, 3.63) is 24.0 Å². The summed E-state index contributed by atoms with van der Waals surface area (Å²) in [4.78, 5) is 12.3. The Bertz CT molecular complexity index is 468. The van der Waals surface area contributed by atoms with Crippen molar-refractivity contribution in [2.75, 3.05) is 0 Å². The van der Waals surface area contributed by atoms with E-state index in [9.17, 15) is 9.18 Å². The van der Waals surface area contributed by atoms with Crippen molar-refractivity contribution in [1.82, 2.24) is 0 Å². The average molecular weight is 296 g/mol. The van der Waals surface area contributed by atoms with Crippen LogP contribution in [0.1, 0.15) is 45.4 Å². The fraction of sp³-hybridized carbons (Fsp3) is 0.562. The fourth-order valence-corrected chi connectivity index (χ4v) is 2.98. The van der Waals surface area contributed by atoms with Gasteiger partial charge in [-0.25, -0.2) is 4.39 Å². The largest absolute Gasteiger partial charge is 0.426 e. The molecule has 0 aromatic heterocycles. The maximum atomic E-state index is 13.3. The molecule has 0 N–H and O–H groups in total. The topological polar surface area (TPSA) is 26.3 Å². The highest BCUT2D eigenvalue weighted by molar-refractivity contribution is 7.80. The molecule has 1 saturated carbocycles. The highest BCUT2D eigenvalue weighted by Crippen LogP contribution is 2.32. The predicted octanol–water partition coefficient (Wildman–Crippen LogP) is 4.63. The summed E-state index contributed by atoms with van der Waals surface area (Å²) >= 11 is 3.95. The van der Waals surface area contributed by atoms with Crippen LogP contribution in [0.2, 0.25) is 0 Å². The van der Waals surface area contributed by atoms with Crippen LogP contribution in [0.5, 0.6) is 5.75 Å². The van der Waals surface area contributed by atoms with E-state index in [0.29, 0.717) is 0 Å². The van der Waals surface area contributed by atoms with Crippen LogP contribution in [0.3, 0.4) is 0 Å². The van der Waals surface area contributed by atoms with Crippen molar-refractivity contribution in [2.24, 2.45) is 11.8 Å². The summed E-state index contributed by atoms with van der Waals surface area (Å²) in [5.74, 6) is 0.282. The zero-order valence-electron chi connectivity index (χ0n) is 11.8. The number of carbonyl (C=O) groups is 1. The third-order valence-corrected chi connectivity index (χ3v) is 4.38. The van der Waals surface area contributed by atoms with Crippen LogP contribution in [-0.4, -0.2) is 5.97 Å². The lowest BCUT2D eigenvalue weighted by Crippen LogP contribution is -2.25. The summed E-state index contributed by atoms with van der Waals surface area (Å²) in [5, 5.41) is 0. The van der Waals surface area contributed by atoms with Gasteiger partial charge in [0.05, 0.1) is 5.92 Å². The van der Waals surface area contributed by atoms with E-state index in [0.717, 1.165) is 31.6 Å². The highest BCUT2D eigenvalue weighted by Gasteiger charge is 2.27. The van der Waals surface area contributed by atoms with E-state index in [1.54, 1.807) is 6.07 Å². The molecular weight excluding hydrogens is 275 g/mol. The van der Waals surface area contributed by atoms with Gasteiger partial charge in [-0.3, -0.25) is 4.79 Å². The molecule has 0 heterocycles. The van der Waals surface area contributed by atoms with Crippen molar-refractivity contribution in [3.63, 3.8) is 0 Å². The third kappa shape index (κ3) is 3.98. The van der Waals surface area contributed by atoms with E-state index in [4.69, 9.17) is 4.74 Å². The Morgan fingerprint density at radius 3 is 2.65 bits per heavy atom. The Labute approximate surface area is 125 Å². The fourth-order valence-electron chi connectivity index (χ4n) is 2.85. The number of benzene rings is 1. The highest BCUT2D eigenvalue weighted by atomic mass is 32.1. The summed E-state index contributed by atoms with van der Waals surface area (Å²) in [5.41, 5.74) is 0. The Morgan fingerprint density at radius 1 is 1.35 bits per heavy atom. The third-order valence-electron chi connectivity index (χ3n) is 4.01. The normalized spacial score (nSPS) is 22.6. The van der Waals surface area contributed by atoms with Gasteiger partial charge in [0, 0.05) is 11.0 Å². The Morgan fingerprint density at radius 2 is 2.05 bits per heavy atom. The van der Waals surface area contributed by atoms with Crippen LogP contribution in [0.25, 0.3) is 0 Å². The lowest BCUT2D eigenvalue weighted by Gasteiger charge is -2.26. The van der Waals surface area contributed by atoms with Crippen LogP contribution in [0.4, 0.5) is 4.39 Å². The number of rotatable bonds is 4. The quantitative estimate of drug-likeness (QED) is 0.498. The lowest BCUT2D eigenvalue weighted by molar-refractivity contribution is -0.140. The van der Waals surface area contributed by atoms with Gasteiger partial charge in [-0.1, -0.05) is 19.8 Å². The van der Waals surface area contributed by atoms with Crippen molar-refractivity contribution in [2.45, 2.75) is 50.3 Å². The van der Waals surface area contributed by atoms with E-state index in [2.05, 4.69) is 19.6 Å². The molecule has 0 aliphatic heterocycles. The van der Waals surface area contributed by atoms with Crippen molar-refractivity contribution in [1.29, 1.82) is 0 Å². The molecule has 1 aliphatic carbocycles. The molecule has 0 atom stereocenters. The van der Waals surface area contributed by atoms with Gasteiger partial charge in [0.25, 0.3) is 0 Å². The number of thiol groups is 1. The maximum Gasteiger partial charge on any atom is 0.314 e. The maximum absolute atomic E-state index is 13.3. The van der Waals surface area contributed by atoms with Crippen molar-refractivity contribution < 1.29 is 13.9 Å².